The fourth-order valence-corrected chi connectivity index (χ4v) is 7.05. The summed E-state index contributed by atoms with van der Waals surface area (Å²) < 4.78 is 62.0. The summed E-state index contributed by atoms with van der Waals surface area (Å²) in [4.78, 5) is 30.3. The fourth-order valence-electron chi connectivity index (χ4n) is 7.05. The van der Waals surface area contributed by atoms with E-state index in [9.17, 15) is 15.1 Å². The Kier molecular flexibility index (Phi) is 13.6. The first-order valence-corrected chi connectivity index (χ1v) is 18.5. The standard InChI is InChI=1S/C42H43N3O12/c1-48-39(47)36-35(34(51-24-27-17-9-4-10-18-27)37(42(49-2)57-36)54-38(46)28-19-11-5-12-20-28)56-41-31(44-45-43)33(50-23-26-15-7-3-8-16-26)32-30(53-41)25-52-40(55-32)29-21-13-6-14-22-29/h3-22,30-37,40-42H,23-25H2,1-2H3/t30-,31-,32-,33-,34+,35+,36-,37-,40?,41-,42-/m1/s1. The number of ether oxygens (including phenoxy) is 10. The Morgan fingerprint density at radius 2 is 1.32 bits per heavy atom. The van der Waals surface area contributed by atoms with E-state index in [-0.39, 0.29) is 25.4 Å². The Labute approximate surface area is 329 Å². The zero-order valence-corrected chi connectivity index (χ0v) is 31.3. The van der Waals surface area contributed by atoms with Gasteiger partial charge in [0.2, 0.25) is 0 Å². The van der Waals surface area contributed by atoms with Gasteiger partial charge in [0.1, 0.15) is 36.6 Å². The molecule has 0 spiro atoms. The zero-order chi connectivity index (χ0) is 39.6. The highest BCUT2D eigenvalue weighted by Crippen LogP contribution is 2.39. The van der Waals surface area contributed by atoms with Crippen molar-refractivity contribution >= 4 is 11.9 Å². The molecule has 3 aliphatic rings. The number of benzene rings is 4. The van der Waals surface area contributed by atoms with Crippen LogP contribution in [0.2, 0.25) is 0 Å². The number of hydrogen-bond donors (Lipinski definition) is 0. The van der Waals surface area contributed by atoms with Gasteiger partial charge in [0.15, 0.2) is 31.1 Å². The van der Waals surface area contributed by atoms with Crippen molar-refractivity contribution in [3.63, 3.8) is 0 Å². The second-order valence-corrected chi connectivity index (χ2v) is 13.5. The molecular weight excluding hydrogens is 738 g/mol. The second-order valence-electron chi connectivity index (χ2n) is 13.5. The van der Waals surface area contributed by atoms with Crippen LogP contribution in [0.25, 0.3) is 10.4 Å². The highest BCUT2D eigenvalue weighted by molar-refractivity contribution is 5.89. The first kappa shape index (κ1) is 40.0. The molecule has 0 amide bonds. The molecule has 57 heavy (non-hydrogen) atoms. The van der Waals surface area contributed by atoms with Crippen LogP contribution in [-0.2, 0) is 65.4 Å². The quantitative estimate of drug-likeness (QED) is 0.0649. The maximum Gasteiger partial charge on any atom is 0.338 e. The summed E-state index contributed by atoms with van der Waals surface area (Å²) in [7, 11) is 2.55. The lowest BCUT2D eigenvalue weighted by molar-refractivity contribution is -0.371. The Morgan fingerprint density at radius 3 is 1.91 bits per heavy atom. The molecule has 3 aliphatic heterocycles. The van der Waals surface area contributed by atoms with E-state index in [0.29, 0.717) is 0 Å². The minimum absolute atomic E-state index is 0.0104. The molecule has 15 nitrogen and oxygen atoms in total. The van der Waals surface area contributed by atoms with Crippen LogP contribution in [-0.4, -0.2) is 94.1 Å². The Bertz CT molecular complexity index is 1940. The van der Waals surface area contributed by atoms with Gasteiger partial charge in [-0.3, -0.25) is 0 Å². The highest BCUT2D eigenvalue weighted by Gasteiger charge is 2.57. The largest absolute Gasteiger partial charge is 0.467 e. The summed E-state index contributed by atoms with van der Waals surface area (Å²) >= 11 is 0. The highest BCUT2D eigenvalue weighted by atomic mass is 16.8. The number of esters is 2. The summed E-state index contributed by atoms with van der Waals surface area (Å²) in [6.45, 7) is 0.194. The lowest BCUT2D eigenvalue weighted by atomic mass is 9.94. The number of carbonyl (C=O) groups is 2. The summed E-state index contributed by atoms with van der Waals surface area (Å²) in [5.41, 5.74) is 12.6. The normalized spacial score (nSPS) is 29.6. The fraction of sp³-hybridized carbons (Fsp3) is 0.381. The molecule has 0 N–H and O–H groups in total. The summed E-state index contributed by atoms with van der Waals surface area (Å²) in [5, 5.41) is 4.14. The minimum Gasteiger partial charge on any atom is -0.467 e. The van der Waals surface area contributed by atoms with E-state index in [1.54, 1.807) is 30.3 Å². The molecule has 0 aliphatic carbocycles. The van der Waals surface area contributed by atoms with Crippen molar-refractivity contribution in [3.05, 3.63) is 154 Å². The van der Waals surface area contributed by atoms with Crippen molar-refractivity contribution < 1.29 is 57.0 Å². The maximum absolute atomic E-state index is 13.6. The monoisotopic (exact) mass is 781 g/mol. The molecule has 3 fully saturated rings. The molecule has 0 radical (unpaired) electrons. The molecule has 4 aromatic rings. The van der Waals surface area contributed by atoms with Gasteiger partial charge in [-0.15, -0.1) is 0 Å². The van der Waals surface area contributed by atoms with Crippen LogP contribution in [0, 0.1) is 0 Å². The van der Waals surface area contributed by atoms with Gasteiger partial charge in [0.25, 0.3) is 0 Å². The predicted molar refractivity (Wildman–Crippen MR) is 200 cm³/mol. The van der Waals surface area contributed by atoms with Gasteiger partial charge in [0, 0.05) is 17.6 Å². The van der Waals surface area contributed by atoms with E-state index in [2.05, 4.69) is 10.0 Å². The third-order valence-electron chi connectivity index (χ3n) is 9.84. The number of fused-ring (bicyclic) bond motifs is 1. The van der Waals surface area contributed by atoms with Crippen LogP contribution >= 0.6 is 0 Å². The van der Waals surface area contributed by atoms with Gasteiger partial charge in [-0.1, -0.05) is 114 Å². The lowest BCUT2D eigenvalue weighted by Crippen LogP contribution is -2.67. The van der Waals surface area contributed by atoms with Crippen LogP contribution in [0.5, 0.6) is 0 Å². The minimum atomic E-state index is -1.49. The molecular formula is C42H43N3O12. The molecule has 7 rings (SSSR count). The van der Waals surface area contributed by atoms with E-state index < -0.39 is 79.6 Å². The van der Waals surface area contributed by atoms with Gasteiger partial charge in [-0.05, 0) is 28.8 Å². The third kappa shape index (κ3) is 9.51. The lowest BCUT2D eigenvalue weighted by Gasteiger charge is -2.50. The van der Waals surface area contributed by atoms with Crippen molar-refractivity contribution in [1.29, 1.82) is 0 Å². The number of methoxy groups -OCH3 is 2. The Morgan fingerprint density at radius 1 is 0.719 bits per heavy atom. The first-order chi connectivity index (χ1) is 28.0. The number of rotatable bonds is 14. The molecule has 4 aromatic carbocycles. The molecule has 3 heterocycles. The summed E-state index contributed by atoms with van der Waals surface area (Å²) in [6, 6.07) is 35.3. The van der Waals surface area contributed by atoms with Crippen LogP contribution in [0.15, 0.2) is 126 Å². The number of azide groups is 1. The Balaban J connectivity index is 1.24. The molecule has 298 valence electrons. The van der Waals surface area contributed by atoms with Crippen molar-refractivity contribution in [2.24, 2.45) is 5.11 Å². The van der Waals surface area contributed by atoms with Gasteiger partial charge in [-0.2, -0.15) is 0 Å². The molecule has 0 saturated carbocycles. The van der Waals surface area contributed by atoms with Crippen LogP contribution in [0.3, 0.4) is 0 Å². The van der Waals surface area contributed by atoms with Crippen molar-refractivity contribution in [1.82, 2.24) is 0 Å². The first-order valence-electron chi connectivity index (χ1n) is 18.5. The van der Waals surface area contributed by atoms with E-state index in [0.717, 1.165) is 16.7 Å². The molecule has 0 bridgehead atoms. The molecule has 3 saturated heterocycles. The van der Waals surface area contributed by atoms with Crippen molar-refractivity contribution in [3.8, 4) is 0 Å². The van der Waals surface area contributed by atoms with Gasteiger partial charge in [-0.25, -0.2) is 9.59 Å². The van der Waals surface area contributed by atoms with Crippen molar-refractivity contribution in [2.75, 3.05) is 20.8 Å². The molecule has 15 heteroatoms. The maximum atomic E-state index is 13.6. The van der Waals surface area contributed by atoms with Crippen LogP contribution in [0.1, 0.15) is 33.3 Å². The average Bonchev–Trinajstić information content (AvgIpc) is 3.26. The van der Waals surface area contributed by atoms with E-state index in [1.165, 1.54) is 14.2 Å². The predicted octanol–water partition coefficient (Wildman–Crippen LogP) is 5.83. The number of nitrogens with zero attached hydrogens (tertiary/aromatic N) is 3. The Hall–Kier alpha value is -5.19. The topological polar surface area (TPSA) is 175 Å². The summed E-state index contributed by atoms with van der Waals surface area (Å²) in [5.74, 6) is -1.53. The molecule has 0 aromatic heterocycles. The number of hydrogen-bond acceptors (Lipinski definition) is 13. The van der Waals surface area contributed by atoms with Crippen LogP contribution in [0.4, 0.5) is 0 Å². The third-order valence-corrected chi connectivity index (χ3v) is 9.84. The van der Waals surface area contributed by atoms with Gasteiger partial charge < -0.3 is 47.4 Å². The summed E-state index contributed by atoms with van der Waals surface area (Å²) in [6.07, 6.45) is -11.4. The average molecular weight is 782 g/mol. The smallest absolute Gasteiger partial charge is 0.338 e. The zero-order valence-electron chi connectivity index (χ0n) is 31.3. The number of carbonyl (C=O) groups excluding carboxylic acids is 2. The second kappa shape index (κ2) is 19.3. The molecule has 11 atom stereocenters. The van der Waals surface area contributed by atoms with Crippen molar-refractivity contribution in [2.45, 2.75) is 80.9 Å². The molecule has 1 unspecified atom stereocenters. The van der Waals surface area contributed by atoms with Gasteiger partial charge >= 0.3 is 11.9 Å². The van der Waals surface area contributed by atoms with E-state index in [4.69, 9.17) is 47.4 Å². The van der Waals surface area contributed by atoms with E-state index in [1.807, 2.05) is 91.0 Å². The van der Waals surface area contributed by atoms with Crippen LogP contribution < -0.4 is 0 Å². The SMILES string of the molecule is COC(=O)[C@@H]1O[C@@H](OC)[C@H](OC(=O)c2ccccc2)[C@@H](OCc2ccccc2)[C@@H]1O[C@H]1O[C@@H]2COC(c3ccccc3)O[C@H]2[C@H](OCc2ccccc2)[C@H]1N=[N+]=[N-]. The van der Waals surface area contributed by atoms with Gasteiger partial charge in [0.05, 0.1) is 32.5 Å². The van der Waals surface area contributed by atoms with E-state index >= 15 is 0 Å².